The van der Waals surface area contributed by atoms with Crippen LogP contribution in [0.2, 0.25) is 0 Å². The highest BCUT2D eigenvalue weighted by Gasteiger charge is 2.10. The maximum absolute atomic E-state index is 5.52. The van der Waals surface area contributed by atoms with E-state index in [4.69, 9.17) is 10.6 Å². The Morgan fingerprint density at radius 3 is 3.00 bits per heavy atom. The number of nitrogens with one attached hydrogen (secondary N) is 1. The van der Waals surface area contributed by atoms with Crippen LogP contribution < -0.4 is 16.0 Å². The number of hydrogen-bond acceptors (Lipinski definition) is 6. The Labute approximate surface area is 94.8 Å². The Morgan fingerprint density at radius 1 is 1.44 bits per heavy atom. The molecule has 1 aliphatic heterocycles. The third-order valence-corrected chi connectivity index (χ3v) is 2.62. The van der Waals surface area contributed by atoms with Gasteiger partial charge in [0.1, 0.15) is 6.61 Å². The molecule has 1 aliphatic rings. The molecule has 1 saturated heterocycles. The minimum absolute atomic E-state index is 0.374. The van der Waals surface area contributed by atoms with Crippen LogP contribution in [0.15, 0.2) is 12.3 Å². The number of rotatable bonds is 5. The fourth-order valence-electron chi connectivity index (χ4n) is 1.78. The number of anilines is 1. The van der Waals surface area contributed by atoms with Crippen LogP contribution in [0.1, 0.15) is 12.8 Å². The van der Waals surface area contributed by atoms with Gasteiger partial charge in [0, 0.05) is 18.8 Å². The van der Waals surface area contributed by atoms with Crippen LogP contribution in [0.25, 0.3) is 0 Å². The molecule has 16 heavy (non-hydrogen) atoms. The van der Waals surface area contributed by atoms with Crippen molar-refractivity contribution in [3.8, 4) is 5.88 Å². The monoisotopic (exact) mass is 223 g/mol. The number of hydrogen-bond donors (Lipinski definition) is 2. The molecule has 3 N–H and O–H groups in total. The minimum atomic E-state index is 0.374. The number of aromatic nitrogens is 2. The molecule has 2 heterocycles. The smallest absolute Gasteiger partial charge is 0.240 e. The van der Waals surface area contributed by atoms with E-state index in [0.29, 0.717) is 18.4 Å². The number of ether oxygens (including phenoxy) is 1. The van der Waals surface area contributed by atoms with Gasteiger partial charge in [-0.05, 0) is 25.9 Å². The third-order valence-electron chi connectivity index (χ3n) is 2.62. The van der Waals surface area contributed by atoms with Crippen LogP contribution in [0, 0.1) is 0 Å². The number of nitrogen functional groups attached to an aromatic ring is 1. The third kappa shape index (κ3) is 3.04. The standard InChI is InChI=1S/C10H17N5O/c11-14-10-12-4-3-9(13-10)16-8-7-15-5-1-2-6-15/h3-4H,1-2,5-8,11H2,(H,12,13,14). The summed E-state index contributed by atoms with van der Waals surface area (Å²) < 4.78 is 5.52. The van der Waals surface area contributed by atoms with Gasteiger partial charge in [0.25, 0.3) is 0 Å². The second-order valence-corrected chi connectivity index (χ2v) is 3.76. The van der Waals surface area contributed by atoms with E-state index in [0.717, 1.165) is 6.54 Å². The molecule has 88 valence electrons. The largest absolute Gasteiger partial charge is 0.476 e. The van der Waals surface area contributed by atoms with Crippen LogP contribution in [-0.2, 0) is 0 Å². The molecule has 1 aromatic heterocycles. The molecular formula is C10H17N5O. The van der Waals surface area contributed by atoms with E-state index in [-0.39, 0.29) is 0 Å². The molecular weight excluding hydrogens is 206 g/mol. The van der Waals surface area contributed by atoms with Crippen molar-refractivity contribution >= 4 is 5.95 Å². The average molecular weight is 223 g/mol. The lowest BCUT2D eigenvalue weighted by Gasteiger charge is -2.14. The molecule has 0 atom stereocenters. The van der Waals surface area contributed by atoms with Gasteiger partial charge in [-0.25, -0.2) is 10.8 Å². The molecule has 0 aliphatic carbocycles. The Balaban J connectivity index is 1.75. The van der Waals surface area contributed by atoms with Crippen LogP contribution in [0.3, 0.4) is 0 Å². The zero-order valence-electron chi connectivity index (χ0n) is 9.22. The summed E-state index contributed by atoms with van der Waals surface area (Å²) in [6.45, 7) is 3.97. The molecule has 2 rings (SSSR count). The van der Waals surface area contributed by atoms with E-state index in [2.05, 4.69) is 20.3 Å². The number of nitrogens with two attached hydrogens (primary N) is 1. The maximum Gasteiger partial charge on any atom is 0.240 e. The fourth-order valence-corrected chi connectivity index (χ4v) is 1.78. The first-order valence-corrected chi connectivity index (χ1v) is 5.53. The van der Waals surface area contributed by atoms with E-state index in [1.54, 1.807) is 12.3 Å². The Bertz CT molecular complexity index is 327. The number of likely N-dealkylation sites (tertiary alicyclic amines) is 1. The summed E-state index contributed by atoms with van der Waals surface area (Å²) in [7, 11) is 0. The molecule has 1 fully saturated rings. The van der Waals surface area contributed by atoms with Gasteiger partial charge in [-0.15, -0.1) is 0 Å². The van der Waals surface area contributed by atoms with Crippen LogP contribution in [-0.4, -0.2) is 41.1 Å². The molecule has 6 heteroatoms. The van der Waals surface area contributed by atoms with Crippen molar-refractivity contribution in [3.63, 3.8) is 0 Å². The molecule has 0 amide bonds. The molecule has 0 bridgehead atoms. The Kier molecular flexibility index (Phi) is 3.90. The first-order valence-electron chi connectivity index (χ1n) is 5.53. The lowest BCUT2D eigenvalue weighted by Crippen LogP contribution is -2.25. The van der Waals surface area contributed by atoms with Crippen molar-refractivity contribution in [1.29, 1.82) is 0 Å². The summed E-state index contributed by atoms with van der Waals surface area (Å²) in [6, 6.07) is 1.73. The van der Waals surface area contributed by atoms with Crippen molar-refractivity contribution in [2.45, 2.75) is 12.8 Å². The Hall–Kier alpha value is -1.40. The normalized spacial score (nSPS) is 16.3. The summed E-state index contributed by atoms with van der Waals surface area (Å²) in [4.78, 5) is 10.4. The number of hydrazine groups is 1. The second-order valence-electron chi connectivity index (χ2n) is 3.76. The molecule has 0 unspecified atom stereocenters. The van der Waals surface area contributed by atoms with E-state index in [1.165, 1.54) is 25.9 Å². The number of nitrogens with zero attached hydrogens (tertiary/aromatic N) is 3. The van der Waals surface area contributed by atoms with Gasteiger partial charge in [0.05, 0.1) is 0 Å². The molecule has 1 aromatic rings. The van der Waals surface area contributed by atoms with Crippen LogP contribution >= 0.6 is 0 Å². The second kappa shape index (κ2) is 5.62. The predicted molar refractivity (Wildman–Crippen MR) is 61.0 cm³/mol. The van der Waals surface area contributed by atoms with E-state index in [1.807, 2.05) is 0 Å². The summed E-state index contributed by atoms with van der Waals surface area (Å²) >= 11 is 0. The van der Waals surface area contributed by atoms with Gasteiger partial charge < -0.3 is 4.74 Å². The summed E-state index contributed by atoms with van der Waals surface area (Å²) in [5.74, 6) is 6.14. The lowest BCUT2D eigenvalue weighted by molar-refractivity contribution is 0.232. The van der Waals surface area contributed by atoms with Crippen molar-refractivity contribution in [3.05, 3.63) is 12.3 Å². The van der Waals surface area contributed by atoms with Crippen molar-refractivity contribution in [2.75, 3.05) is 31.7 Å². The van der Waals surface area contributed by atoms with Gasteiger partial charge >= 0.3 is 0 Å². The van der Waals surface area contributed by atoms with E-state index >= 15 is 0 Å². The lowest BCUT2D eigenvalue weighted by atomic mass is 10.4. The first-order chi connectivity index (χ1) is 7.88. The van der Waals surface area contributed by atoms with Gasteiger partial charge in [0.15, 0.2) is 0 Å². The molecule has 0 spiro atoms. The average Bonchev–Trinajstić information content (AvgIpc) is 2.82. The minimum Gasteiger partial charge on any atom is -0.476 e. The maximum atomic E-state index is 5.52. The quantitative estimate of drug-likeness (QED) is 0.550. The SMILES string of the molecule is NNc1nccc(OCCN2CCCC2)n1. The molecule has 0 aromatic carbocycles. The summed E-state index contributed by atoms with van der Waals surface area (Å²) in [5.41, 5.74) is 2.39. The highest BCUT2D eigenvalue weighted by molar-refractivity contribution is 5.25. The van der Waals surface area contributed by atoms with Gasteiger partial charge in [-0.3, -0.25) is 10.3 Å². The summed E-state index contributed by atoms with van der Waals surface area (Å²) in [6.07, 6.45) is 4.22. The van der Waals surface area contributed by atoms with Crippen molar-refractivity contribution < 1.29 is 4.74 Å². The van der Waals surface area contributed by atoms with E-state index in [9.17, 15) is 0 Å². The van der Waals surface area contributed by atoms with Crippen molar-refractivity contribution in [1.82, 2.24) is 14.9 Å². The molecule has 6 nitrogen and oxygen atoms in total. The zero-order chi connectivity index (χ0) is 11.2. The van der Waals surface area contributed by atoms with Crippen LogP contribution in [0.5, 0.6) is 5.88 Å². The van der Waals surface area contributed by atoms with Gasteiger partial charge in [-0.1, -0.05) is 0 Å². The van der Waals surface area contributed by atoms with E-state index < -0.39 is 0 Å². The highest BCUT2D eigenvalue weighted by Crippen LogP contribution is 2.09. The molecule has 0 radical (unpaired) electrons. The first kappa shape index (κ1) is 11.1. The molecule has 0 saturated carbocycles. The highest BCUT2D eigenvalue weighted by atomic mass is 16.5. The topological polar surface area (TPSA) is 76.3 Å². The van der Waals surface area contributed by atoms with Gasteiger partial charge in [-0.2, -0.15) is 4.98 Å². The predicted octanol–water partition coefficient (Wildman–Crippen LogP) is 0.237. The Morgan fingerprint density at radius 2 is 2.25 bits per heavy atom. The summed E-state index contributed by atoms with van der Waals surface area (Å²) in [5, 5.41) is 0. The van der Waals surface area contributed by atoms with Gasteiger partial charge in [0.2, 0.25) is 11.8 Å². The van der Waals surface area contributed by atoms with Crippen LogP contribution in [0.4, 0.5) is 5.95 Å². The van der Waals surface area contributed by atoms with Crippen molar-refractivity contribution in [2.24, 2.45) is 5.84 Å². The fraction of sp³-hybridized carbons (Fsp3) is 0.600. The zero-order valence-corrected chi connectivity index (χ0v) is 9.22.